The second-order valence-electron chi connectivity index (χ2n) is 6.66. The lowest BCUT2D eigenvalue weighted by Gasteiger charge is -2.36. The lowest BCUT2D eigenvalue weighted by atomic mass is 9.94. The monoisotopic (exact) mass is 341 g/mol. The number of amides is 1. The van der Waals surface area contributed by atoms with E-state index in [4.69, 9.17) is 5.73 Å². The van der Waals surface area contributed by atoms with Crippen LogP contribution in [0.3, 0.4) is 0 Å². The normalized spacial score (nSPS) is 25.6. The fourth-order valence-corrected chi connectivity index (χ4v) is 3.85. The zero-order valence-electron chi connectivity index (χ0n) is 13.8. The SMILES string of the molecule is NC[C@H]1CCC[C@H]1C(=O)N1CCN(Cc2nccn2C(F)F)CC1. The number of aromatic nitrogens is 2. The van der Waals surface area contributed by atoms with Gasteiger partial charge in [0.2, 0.25) is 5.91 Å². The number of nitrogens with zero attached hydrogens (tertiary/aromatic N) is 4. The highest BCUT2D eigenvalue weighted by Crippen LogP contribution is 2.32. The Hall–Kier alpha value is -1.54. The number of hydrogen-bond donors (Lipinski definition) is 1. The van der Waals surface area contributed by atoms with Crippen LogP contribution in [0.25, 0.3) is 0 Å². The molecule has 2 atom stereocenters. The fourth-order valence-electron chi connectivity index (χ4n) is 3.85. The van der Waals surface area contributed by atoms with Gasteiger partial charge < -0.3 is 10.6 Å². The molecular weight excluding hydrogens is 316 g/mol. The summed E-state index contributed by atoms with van der Waals surface area (Å²) in [4.78, 5) is 20.7. The topological polar surface area (TPSA) is 67.4 Å². The molecule has 2 aliphatic rings. The maximum absolute atomic E-state index is 12.9. The third kappa shape index (κ3) is 3.59. The van der Waals surface area contributed by atoms with E-state index in [0.717, 1.165) is 23.8 Å². The maximum atomic E-state index is 12.9. The third-order valence-electron chi connectivity index (χ3n) is 5.29. The minimum Gasteiger partial charge on any atom is -0.340 e. The minimum absolute atomic E-state index is 0.0688. The summed E-state index contributed by atoms with van der Waals surface area (Å²) in [6, 6.07) is 0. The van der Waals surface area contributed by atoms with Crippen molar-refractivity contribution in [3.05, 3.63) is 18.2 Å². The first-order valence-corrected chi connectivity index (χ1v) is 8.61. The molecule has 1 aliphatic heterocycles. The van der Waals surface area contributed by atoms with Crippen LogP contribution in [0.1, 0.15) is 31.6 Å². The number of alkyl halides is 2. The van der Waals surface area contributed by atoms with Gasteiger partial charge in [0.1, 0.15) is 5.82 Å². The molecule has 2 fully saturated rings. The lowest BCUT2D eigenvalue weighted by Crippen LogP contribution is -2.50. The van der Waals surface area contributed by atoms with Crippen LogP contribution in [0.2, 0.25) is 0 Å². The predicted octanol–water partition coefficient (Wildman–Crippen LogP) is 1.30. The van der Waals surface area contributed by atoms with E-state index in [1.807, 2.05) is 4.90 Å². The van der Waals surface area contributed by atoms with E-state index in [9.17, 15) is 13.6 Å². The van der Waals surface area contributed by atoms with Gasteiger partial charge in [-0.05, 0) is 25.3 Å². The summed E-state index contributed by atoms with van der Waals surface area (Å²) >= 11 is 0. The van der Waals surface area contributed by atoms with Gasteiger partial charge in [-0.3, -0.25) is 14.3 Å². The summed E-state index contributed by atoms with van der Waals surface area (Å²) in [5, 5.41) is 0. The number of hydrogen-bond acceptors (Lipinski definition) is 4. The summed E-state index contributed by atoms with van der Waals surface area (Å²) in [5.41, 5.74) is 5.78. The van der Waals surface area contributed by atoms with Crippen molar-refractivity contribution in [2.45, 2.75) is 32.4 Å². The molecule has 0 aromatic carbocycles. The van der Waals surface area contributed by atoms with Crippen LogP contribution in [0.5, 0.6) is 0 Å². The Balaban J connectivity index is 1.52. The van der Waals surface area contributed by atoms with Gasteiger partial charge in [-0.15, -0.1) is 0 Å². The van der Waals surface area contributed by atoms with Crippen LogP contribution in [0.4, 0.5) is 8.78 Å². The summed E-state index contributed by atoms with van der Waals surface area (Å²) < 4.78 is 26.6. The largest absolute Gasteiger partial charge is 0.340 e. The number of carbonyl (C=O) groups excluding carboxylic acids is 1. The maximum Gasteiger partial charge on any atom is 0.319 e. The van der Waals surface area contributed by atoms with Crippen LogP contribution in [-0.4, -0.2) is 58.0 Å². The van der Waals surface area contributed by atoms with Gasteiger partial charge in [0.25, 0.3) is 0 Å². The second kappa shape index (κ2) is 7.57. The Labute approximate surface area is 140 Å². The molecule has 134 valence electrons. The highest BCUT2D eigenvalue weighted by atomic mass is 19.3. The van der Waals surface area contributed by atoms with Crippen molar-refractivity contribution in [2.75, 3.05) is 32.7 Å². The summed E-state index contributed by atoms with van der Waals surface area (Å²) in [7, 11) is 0. The average Bonchev–Trinajstić information content (AvgIpc) is 3.23. The van der Waals surface area contributed by atoms with Gasteiger partial charge in [-0.25, -0.2) is 4.98 Å². The standard InChI is InChI=1S/C16H25F2N5O/c17-16(18)23-5-4-20-14(23)11-21-6-8-22(9-7-21)15(24)13-3-1-2-12(13)10-19/h4-5,12-13,16H,1-3,6-11,19H2/t12-,13-/m1/s1. The first kappa shape index (κ1) is 17.3. The highest BCUT2D eigenvalue weighted by Gasteiger charge is 2.35. The van der Waals surface area contributed by atoms with Crippen molar-refractivity contribution in [3.8, 4) is 0 Å². The van der Waals surface area contributed by atoms with Crippen LogP contribution >= 0.6 is 0 Å². The van der Waals surface area contributed by atoms with Crippen LogP contribution in [-0.2, 0) is 11.3 Å². The molecule has 6 nitrogen and oxygen atoms in total. The third-order valence-corrected chi connectivity index (χ3v) is 5.29. The Kier molecular flexibility index (Phi) is 5.45. The van der Waals surface area contributed by atoms with Gasteiger partial charge in [-0.2, -0.15) is 8.78 Å². The molecule has 2 heterocycles. The van der Waals surface area contributed by atoms with E-state index in [0.29, 0.717) is 51.0 Å². The molecule has 1 saturated heterocycles. The van der Waals surface area contributed by atoms with E-state index in [2.05, 4.69) is 9.88 Å². The zero-order valence-corrected chi connectivity index (χ0v) is 13.8. The van der Waals surface area contributed by atoms with E-state index < -0.39 is 6.55 Å². The van der Waals surface area contributed by atoms with Crippen LogP contribution in [0, 0.1) is 11.8 Å². The van der Waals surface area contributed by atoms with Gasteiger partial charge in [0.15, 0.2) is 0 Å². The Morgan fingerprint density at radius 1 is 1.29 bits per heavy atom. The van der Waals surface area contributed by atoms with E-state index in [1.165, 1.54) is 12.4 Å². The van der Waals surface area contributed by atoms with E-state index in [-0.39, 0.29) is 11.8 Å². The van der Waals surface area contributed by atoms with Crippen molar-refractivity contribution >= 4 is 5.91 Å². The zero-order chi connectivity index (χ0) is 17.1. The Morgan fingerprint density at radius 2 is 2.04 bits per heavy atom. The second-order valence-corrected chi connectivity index (χ2v) is 6.66. The average molecular weight is 341 g/mol. The number of imidazole rings is 1. The fraction of sp³-hybridized carbons (Fsp3) is 0.750. The first-order valence-electron chi connectivity index (χ1n) is 8.61. The van der Waals surface area contributed by atoms with Crippen LogP contribution < -0.4 is 5.73 Å². The number of halogens is 2. The molecule has 0 unspecified atom stereocenters. The molecule has 0 radical (unpaired) electrons. The molecule has 1 aromatic heterocycles. The van der Waals surface area contributed by atoms with Crippen molar-refractivity contribution in [1.29, 1.82) is 0 Å². The van der Waals surface area contributed by atoms with Gasteiger partial charge >= 0.3 is 6.55 Å². The molecule has 3 rings (SSSR count). The first-order chi connectivity index (χ1) is 11.6. The number of nitrogens with two attached hydrogens (primary N) is 1. The lowest BCUT2D eigenvalue weighted by molar-refractivity contribution is -0.138. The molecular formula is C16H25F2N5O. The van der Waals surface area contributed by atoms with Crippen molar-refractivity contribution in [1.82, 2.24) is 19.4 Å². The van der Waals surface area contributed by atoms with E-state index >= 15 is 0 Å². The predicted molar refractivity (Wildman–Crippen MR) is 85.2 cm³/mol. The van der Waals surface area contributed by atoms with Gasteiger partial charge in [0.05, 0.1) is 6.54 Å². The molecule has 1 saturated carbocycles. The number of rotatable bonds is 5. The van der Waals surface area contributed by atoms with Crippen molar-refractivity contribution < 1.29 is 13.6 Å². The Morgan fingerprint density at radius 3 is 2.71 bits per heavy atom. The molecule has 1 aliphatic carbocycles. The Bertz CT molecular complexity index is 556. The molecule has 0 spiro atoms. The van der Waals surface area contributed by atoms with Crippen LogP contribution in [0.15, 0.2) is 12.4 Å². The number of carbonyl (C=O) groups is 1. The van der Waals surface area contributed by atoms with Crippen molar-refractivity contribution in [2.24, 2.45) is 17.6 Å². The molecule has 1 aromatic rings. The summed E-state index contributed by atoms with van der Waals surface area (Å²) in [6.07, 6.45) is 5.76. The van der Waals surface area contributed by atoms with Crippen molar-refractivity contribution in [3.63, 3.8) is 0 Å². The molecule has 24 heavy (non-hydrogen) atoms. The minimum atomic E-state index is -2.57. The number of piperazine rings is 1. The van der Waals surface area contributed by atoms with Gasteiger partial charge in [-0.1, -0.05) is 6.42 Å². The quantitative estimate of drug-likeness (QED) is 0.877. The van der Waals surface area contributed by atoms with E-state index in [1.54, 1.807) is 0 Å². The molecule has 0 bridgehead atoms. The molecule has 1 amide bonds. The summed E-state index contributed by atoms with van der Waals surface area (Å²) in [6.45, 7) is 1.04. The molecule has 8 heteroatoms. The smallest absolute Gasteiger partial charge is 0.319 e. The highest BCUT2D eigenvalue weighted by molar-refractivity contribution is 5.79. The van der Waals surface area contributed by atoms with Gasteiger partial charge in [0, 0.05) is 44.5 Å². The molecule has 2 N–H and O–H groups in total. The summed E-state index contributed by atoms with van der Waals surface area (Å²) in [5.74, 6) is 0.966.